The standard InChI is InChI=1S/C10H13FN2/c1-7-3-8(6-13-2)4-9(5-11)10(7)12/h3-4,6H,5,12H2,1-2H3. The van der Waals surface area contributed by atoms with Gasteiger partial charge in [-0.25, -0.2) is 4.39 Å². The third-order valence-corrected chi connectivity index (χ3v) is 1.92. The zero-order chi connectivity index (χ0) is 9.84. The molecule has 0 saturated carbocycles. The lowest BCUT2D eigenvalue weighted by molar-refractivity contribution is 0.486. The first-order valence-electron chi connectivity index (χ1n) is 4.06. The molecule has 70 valence electrons. The second-order valence-corrected chi connectivity index (χ2v) is 2.93. The number of alkyl halides is 1. The summed E-state index contributed by atoms with van der Waals surface area (Å²) >= 11 is 0. The Morgan fingerprint density at radius 1 is 1.54 bits per heavy atom. The summed E-state index contributed by atoms with van der Waals surface area (Å²) in [6, 6.07) is 3.61. The van der Waals surface area contributed by atoms with Gasteiger partial charge in [0, 0.05) is 24.5 Å². The fraction of sp³-hybridized carbons (Fsp3) is 0.300. The Morgan fingerprint density at radius 2 is 2.23 bits per heavy atom. The van der Waals surface area contributed by atoms with Crippen LogP contribution in [0.3, 0.4) is 0 Å². The van der Waals surface area contributed by atoms with E-state index in [9.17, 15) is 4.39 Å². The molecule has 0 fully saturated rings. The Hall–Kier alpha value is -1.38. The molecule has 3 heteroatoms. The van der Waals surface area contributed by atoms with Gasteiger partial charge in [0.1, 0.15) is 6.67 Å². The fourth-order valence-electron chi connectivity index (χ4n) is 1.24. The minimum absolute atomic E-state index is 0.530. The van der Waals surface area contributed by atoms with Crippen molar-refractivity contribution in [1.29, 1.82) is 0 Å². The second-order valence-electron chi connectivity index (χ2n) is 2.93. The quantitative estimate of drug-likeness (QED) is 0.549. The number of aliphatic imine (C=N–C) groups is 1. The molecule has 1 rings (SSSR count). The molecule has 0 aliphatic heterocycles. The number of nitrogen functional groups attached to an aromatic ring is 1. The maximum Gasteiger partial charge on any atom is 0.117 e. The third kappa shape index (κ3) is 2.05. The van der Waals surface area contributed by atoms with Crippen molar-refractivity contribution in [2.75, 3.05) is 12.8 Å². The summed E-state index contributed by atoms with van der Waals surface area (Å²) in [5.41, 5.74) is 8.53. The second kappa shape index (κ2) is 4.03. The van der Waals surface area contributed by atoms with Crippen LogP contribution in [0.5, 0.6) is 0 Å². The summed E-state index contributed by atoms with van der Waals surface area (Å²) in [5, 5.41) is 0. The van der Waals surface area contributed by atoms with Crippen molar-refractivity contribution in [3.05, 3.63) is 28.8 Å². The molecule has 0 amide bonds. The van der Waals surface area contributed by atoms with Crippen LogP contribution in [0.2, 0.25) is 0 Å². The number of aryl methyl sites for hydroxylation is 1. The molecular weight excluding hydrogens is 167 g/mol. The first-order valence-corrected chi connectivity index (χ1v) is 4.06. The smallest absolute Gasteiger partial charge is 0.117 e. The van der Waals surface area contributed by atoms with Crippen LogP contribution in [0.1, 0.15) is 16.7 Å². The van der Waals surface area contributed by atoms with Crippen molar-refractivity contribution >= 4 is 11.9 Å². The summed E-state index contributed by atoms with van der Waals surface area (Å²) in [6.45, 7) is 1.33. The minimum Gasteiger partial charge on any atom is -0.398 e. The number of nitrogens with zero attached hydrogens (tertiary/aromatic N) is 1. The number of rotatable bonds is 2. The maximum absolute atomic E-state index is 12.5. The first-order chi connectivity index (χ1) is 6.19. The summed E-state index contributed by atoms with van der Waals surface area (Å²) in [4.78, 5) is 3.86. The Bertz CT molecular complexity index is 332. The van der Waals surface area contributed by atoms with E-state index in [1.54, 1.807) is 19.3 Å². The molecule has 0 bridgehead atoms. The highest BCUT2D eigenvalue weighted by atomic mass is 19.1. The van der Waals surface area contributed by atoms with Gasteiger partial charge in [0.25, 0.3) is 0 Å². The molecule has 1 aromatic carbocycles. The highest BCUT2D eigenvalue weighted by Gasteiger charge is 2.03. The molecule has 13 heavy (non-hydrogen) atoms. The van der Waals surface area contributed by atoms with Gasteiger partial charge in [0.05, 0.1) is 0 Å². The van der Waals surface area contributed by atoms with Gasteiger partial charge in [0.2, 0.25) is 0 Å². The lowest BCUT2D eigenvalue weighted by atomic mass is 10.1. The van der Waals surface area contributed by atoms with E-state index in [-0.39, 0.29) is 0 Å². The van der Waals surface area contributed by atoms with Crippen molar-refractivity contribution in [2.45, 2.75) is 13.6 Å². The molecule has 0 saturated heterocycles. The number of hydrogen-bond acceptors (Lipinski definition) is 2. The van der Waals surface area contributed by atoms with Gasteiger partial charge in [-0.1, -0.05) is 0 Å². The molecule has 0 aromatic heterocycles. The van der Waals surface area contributed by atoms with Crippen LogP contribution in [-0.2, 0) is 6.67 Å². The van der Waals surface area contributed by atoms with E-state index in [1.165, 1.54) is 0 Å². The third-order valence-electron chi connectivity index (χ3n) is 1.92. The number of nitrogens with two attached hydrogens (primary N) is 1. The van der Waals surface area contributed by atoms with Gasteiger partial charge in [-0.3, -0.25) is 4.99 Å². The molecule has 0 heterocycles. The SMILES string of the molecule is CN=Cc1cc(C)c(N)c(CF)c1. The normalized spacial score (nSPS) is 11.0. The minimum atomic E-state index is -0.530. The Labute approximate surface area is 77.3 Å². The van der Waals surface area contributed by atoms with Crippen molar-refractivity contribution in [2.24, 2.45) is 4.99 Å². The van der Waals surface area contributed by atoms with Gasteiger partial charge >= 0.3 is 0 Å². The fourth-order valence-corrected chi connectivity index (χ4v) is 1.24. The van der Waals surface area contributed by atoms with E-state index in [4.69, 9.17) is 5.73 Å². The summed E-state index contributed by atoms with van der Waals surface area (Å²) in [7, 11) is 1.68. The Balaban J connectivity index is 3.21. The maximum atomic E-state index is 12.5. The van der Waals surface area contributed by atoms with E-state index in [0.29, 0.717) is 11.3 Å². The van der Waals surface area contributed by atoms with Crippen molar-refractivity contribution in [3.8, 4) is 0 Å². The summed E-state index contributed by atoms with van der Waals surface area (Å²) < 4.78 is 12.5. The van der Waals surface area contributed by atoms with E-state index in [1.807, 2.05) is 13.0 Å². The molecule has 0 unspecified atom stereocenters. The molecule has 0 atom stereocenters. The summed E-state index contributed by atoms with van der Waals surface area (Å²) in [6.07, 6.45) is 1.69. The number of benzene rings is 1. The van der Waals surface area contributed by atoms with E-state index in [2.05, 4.69) is 4.99 Å². The van der Waals surface area contributed by atoms with Crippen molar-refractivity contribution < 1.29 is 4.39 Å². The molecule has 2 N–H and O–H groups in total. The van der Waals surface area contributed by atoms with Gasteiger partial charge in [-0.2, -0.15) is 0 Å². The molecular formula is C10H13FN2. The van der Waals surface area contributed by atoms with Gasteiger partial charge in [-0.15, -0.1) is 0 Å². The Morgan fingerprint density at radius 3 is 2.77 bits per heavy atom. The highest BCUT2D eigenvalue weighted by Crippen LogP contribution is 2.19. The molecule has 0 radical (unpaired) electrons. The number of anilines is 1. The van der Waals surface area contributed by atoms with E-state index in [0.717, 1.165) is 11.1 Å². The average molecular weight is 180 g/mol. The van der Waals surface area contributed by atoms with Gasteiger partial charge in [-0.05, 0) is 30.2 Å². The lowest BCUT2D eigenvalue weighted by Crippen LogP contribution is -1.97. The molecule has 0 spiro atoms. The largest absolute Gasteiger partial charge is 0.398 e. The topological polar surface area (TPSA) is 38.4 Å². The predicted octanol–water partition coefficient (Wildman–Crippen LogP) is 2.10. The molecule has 0 aliphatic rings. The van der Waals surface area contributed by atoms with Crippen LogP contribution in [0.25, 0.3) is 0 Å². The zero-order valence-corrected chi connectivity index (χ0v) is 7.84. The van der Waals surface area contributed by atoms with Crippen LogP contribution in [0.15, 0.2) is 17.1 Å². The van der Waals surface area contributed by atoms with Crippen LogP contribution in [0.4, 0.5) is 10.1 Å². The number of halogens is 1. The monoisotopic (exact) mass is 180 g/mol. The van der Waals surface area contributed by atoms with Crippen LogP contribution in [0, 0.1) is 6.92 Å². The van der Waals surface area contributed by atoms with E-state index >= 15 is 0 Å². The predicted molar refractivity (Wildman–Crippen MR) is 53.9 cm³/mol. The van der Waals surface area contributed by atoms with Crippen molar-refractivity contribution in [3.63, 3.8) is 0 Å². The van der Waals surface area contributed by atoms with Gasteiger partial charge < -0.3 is 5.73 Å². The zero-order valence-electron chi connectivity index (χ0n) is 7.84. The number of hydrogen-bond donors (Lipinski definition) is 1. The molecule has 2 nitrogen and oxygen atoms in total. The van der Waals surface area contributed by atoms with Crippen molar-refractivity contribution in [1.82, 2.24) is 0 Å². The first kappa shape index (κ1) is 9.71. The molecule has 1 aromatic rings. The van der Waals surface area contributed by atoms with Gasteiger partial charge in [0.15, 0.2) is 0 Å². The molecule has 0 aliphatic carbocycles. The average Bonchev–Trinajstić information content (AvgIpc) is 2.11. The summed E-state index contributed by atoms with van der Waals surface area (Å²) in [5.74, 6) is 0. The van der Waals surface area contributed by atoms with Crippen LogP contribution in [-0.4, -0.2) is 13.3 Å². The Kier molecular flexibility index (Phi) is 3.01. The highest BCUT2D eigenvalue weighted by molar-refractivity contribution is 5.81. The van der Waals surface area contributed by atoms with Crippen LogP contribution < -0.4 is 5.73 Å². The lowest BCUT2D eigenvalue weighted by Gasteiger charge is -2.06. The van der Waals surface area contributed by atoms with E-state index < -0.39 is 6.67 Å². The van der Waals surface area contributed by atoms with Crippen LogP contribution >= 0.6 is 0 Å².